The Morgan fingerprint density at radius 2 is 1.42 bits per heavy atom. The SMILES string of the molecule is CC(C)(O)/C=C/C[C@](C)(O[C@@H]1O[C@H](CO[C@@H]2OC[C@@H](O)[C@H](O)[C@H]2O)[C@@H](O)[C@H](O)[C@H]1O)[C@H]1CC[C@@]2(C)[C@@H]3CC[C@H]4C(C)(C)[C@@H](O)[C@H](O)C[C@]4(C)[C@H]3C[C@@H](O)[C@]12C. The van der Waals surface area contributed by atoms with Crippen LogP contribution >= 0.6 is 0 Å². The van der Waals surface area contributed by atoms with Crippen LogP contribution in [0.1, 0.15) is 100 Å². The first-order valence-corrected chi connectivity index (χ1v) is 20.4. The van der Waals surface area contributed by atoms with Crippen molar-refractivity contribution in [2.75, 3.05) is 13.2 Å². The van der Waals surface area contributed by atoms with E-state index in [1.54, 1.807) is 19.9 Å². The van der Waals surface area contributed by atoms with E-state index in [-0.39, 0.29) is 47.5 Å². The Morgan fingerprint density at radius 1 is 0.764 bits per heavy atom. The number of hydrogen-bond acceptors (Lipinski definition) is 14. The Labute approximate surface area is 325 Å². The fourth-order valence-corrected chi connectivity index (χ4v) is 13.0. The summed E-state index contributed by atoms with van der Waals surface area (Å²) < 4.78 is 23.9. The summed E-state index contributed by atoms with van der Waals surface area (Å²) in [5.41, 5.74) is -4.12. The van der Waals surface area contributed by atoms with Gasteiger partial charge in [-0.25, -0.2) is 0 Å². The molecule has 14 nitrogen and oxygen atoms in total. The van der Waals surface area contributed by atoms with Gasteiger partial charge in [0.05, 0.1) is 42.7 Å². The molecule has 318 valence electrons. The number of rotatable bonds is 9. The molecule has 0 amide bonds. The largest absolute Gasteiger partial charge is 0.393 e. The highest BCUT2D eigenvalue weighted by molar-refractivity contribution is 5.21. The second-order valence-electron chi connectivity index (χ2n) is 20.2. The van der Waals surface area contributed by atoms with E-state index >= 15 is 0 Å². The molecule has 0 aromatic heterocycles. The molecular weight excluding hydrogens is 716 g/mol. The summed E-state index contributed by atoms with van der Waals surface area (Å²) in [6.45, 7) is 15.3. The fraction of sp³-hybridized carbons (Fsp3) is 0.951. The van der Waals surface area contributed by atoms with Gasteiger partial charge in [0.15, 0.2) is 12.6 Å². The summed E-state index contributed by atoms with van der Waals surface area (Å²) in [5, 5.41) is 109. The van der Waals surface area contributed by atoms with E-state index in [1.807, 2.05) is 13.0 Å². The third-order valence-electron chi connectivity index (χ3n) is 16.2. The fourth-order valence-electron chi connectivity index (χ4n) is 13.0. The molecule has 2 saturated heterocycles. The van der Waals surface area contributed by atoms with Gasteiger partial charge in [0, 0.05) is 5.41 Å². The minimum atomic E-state index is -1.71. The number of fused-ring (bicyclic) bond motifs is 5. The van der Waals surface area contributed by atoms with Crippen LogP contribution in [-0.2, 0) is 18.9 Å². The smallest absolute Gasteiger partial charge is 0.187 e. The average molecular weight is 787 g/mol. The summed E-state index contributed by atoms with van der Waals surface area (Å²) >= 11 is 0. The lowest BCUT2D eigenvalue weighted by atomic mass is 9.37. The van der Waals surface area contributed by atoms with Crippen molar-refractivity contribution in [3.8, 4) is 0 Å². The third-order valence-corrected chi connectivity index (χ3v) is 16.2. The summed E-state index contributed by atoms with van der Waals surface area (Å²) in [6.07, 6.45) is -7.93. The van der Waals surface area contributed by atoms with Gasteiger partial charge in [0.1, 0.15) is 42.7 Å². The zero-order chi connectivity index (χ0) is 40.8. The number of hydrogen-bond donors (Lipinski definition) is 10. The van der Waals surface area contributed by atoms with E-state index in [0.29, 0.717) is 19.3 Å². The highest BCUT2D eigenvalue weighted by Crippen LogP contribution is 2.75. The van der Waals surface area contributed by atoms with Gasteiger partial charge in [-0.3, -0.25) is 0 Å². The lowest BCUT2D eigenvalue weighted by Gasteiger charge is -2.69. The van der Waals surface area contributed by atoms with Gasteiger partial charge in [-0.1, -0.05) is 46.8 Å². The molecule has 0 aromatic rings. The molecule has 0 unspecified atom stereocenters. The molecule has 0 bridgehead atoms. The quantitative estimate of drug-likeness (QED) is 0.145. The van der Waals surface area contributed by atoms with Gasteiger partial charge in [0.2, 0.25) is 0 Å². The Morgan fingerprint density at radius 3 is 2.07 bits per heavy atom. The molecule has 55 heavy (non-hydrogen) atoms. The lowest BCUT2D eigenvalue weighted by Crippen LogP contribution is -2.68. The predicted molar refractivity (Wildman–Crippen MR) is 198 cm³/mol. The van der Waals surface area contributed by atoms with Crippen LogP contribution in [0, 0.1) is 45.3 Å². The van der Waals surface area contributed by atoms with Crippen LogP contribution in [0.3, 0.4) is 0 Å². The second-order valence-corrected chi connectivity index (χ2v) is 20.2. The normalized spacial score (nSPS) is 52.6. The van der Waals surface area contributed by atoms with E-state index in [4.69, 9.17) is 18.9 Å². The molecule has 4 aliphatic carbocycles. The van der Waals surface area contributed by atoms with Gasteiger partial charge in [-0.05, 0) is 106 Å². The molecule has 10 N–H and O–H groups in total. The first-order chi connectivity index (χ1) is 25.3. The van der Waals surface area contributed by atoms with Crippen LogP contribution in [0.4, 0.5) is 0 Å². The second kappa shape index (κ2) is 15.0. The highest BCUT2D eigenvalue weighted by atomic mass is 16.7. The van der Waals surface area contributed by atoms with Crippen LogP contribution in [0.5, 0.6) is 0 Å². The molecule has 2 heterocycles. The first kappa shape index (κ1) is 43.8. The van der Waals surface area contributed by atoms with Gasteiger partial charge in [-0.2, -0.15) is 0 Å². The Hall–Kier alpha value is -0.820. The minimum Gasteiger partial charge on any atom is -0.393 e. The van der Waals surface area contributed by atoms with Crippen LogP contribution in [-0.4, -0.2) is 149 Å². The summed E-state index contributed by atoms with van der Waals surface area (Å²) in [4.78, 5) is 0. The van der Waals surface area contributed by atoms with Crippen molar-refractivity contribution >= 4 is 0 Å². The molecule has 6 aliphatic rings. The molecule has 0 aromatic carbocycles. The van der Waals surface area contributed by atoms with Crippen LogP contribution in [0.15, 0.2) is 12.2 Å². The van der Waals surface area contributed by atoms with Gasteiger partial charge >= 0.3 is 0 Å². The zero-order valence-corrected chi connectivity index (χ0v) is 33.9. The van der Waals surface area contributed by atoms with Crippen molar-refractivity contribution in [3.63, 3.8) is 0 Å². The van der Waals surface area contributed by atoms with E-state index < -0.39 is 102 Å². The average Bonchev–Trinajstić information content (AvgIpc) is 3.39. The van der Waals surface area contributed by atoms with E-state index in [9.17, 15) is 51.1 Å². The van der Waals surface area contributed by atoms with Crippen LogP contribution in [0.25, 0.3) is 0 Å². The third kappa shape index (κ3) is 7.19. The summed E-state index contributed by atoms with van der Waals surface area (Å²) in [6, 6.07) is 0. The standard InChI is InChI=1S/C41H70O14/c1-36(2,51)13-9-14-40(7,55-35-32(49)30(47)29(46)24(54-35)19-53-34-31(48)28(45)23(43)18-52-34)26-12-15-39(6)20-10-11-25-37(3,4)33(50)22(42)17-38(25,5)21(20)16-27(44)41(26,39)8/h9,13,20-35,42-51H,10-12,14-19H2,1-8H3/b13-9+/t20-,21+,22-,23-,24-,25+,26-,27-,28+,29-,30+,31-,32-,33+,34+,35+,38-,39+,40+,41+/m1/s1. The maximum atomic E-state index is 12.5. The van der Waals surface area contributed by atoms with Crippen molar-refractivity contribution in [1.29, 1.82) is 0 Å². The van der Waals surface area contributed by atoms with Crippen molar-refractivity contribution < 1.29 is 70.0 Å². The van der Waals surface area contributed by atoms with Crippen molar-refractivity contribution in [2.24, 2.45) is 45.3 Å². The Bertz CT molecular complexity index is 1390. The molecule has 2 aliphatic heterocycles. The molecule has 6 rings (SSSR count). The monoisotopic (exact) mass is 786 g/mol. The zero-order valence-electron chi connectivity index (χ0n) is 33.9. The van der Waals surface area contributed by atoms with E-state index in [1.165, 1.54) is 0 Å². The Balaban J connectivity index is 1.29. The van der Waals surface area contributed by atoms with Gasteiger partial charge in [-0.15, -0.1) is 0 Å². The van der Waals surface area contributed by atoms with Crippen molar-refractivity contribution in [3.05, 3.63) is 12.2 Å². The number of aliphatic hydroxyl groups excluding tert-OH is 9. The van der Waals surface area contributed by atoms with Crippen molar-refractivity contribution in [2.45, 2.75) is 185 Å². The highest BCUT2D eigenvalue weighted by Gasteiger charge is 2.72. The Kier molecular flexibility index (Phi) is 11.9. The minimum absolute atomic E-state index is 0.110. The van der Waals surface area contributed by atoms with Crippen LogP contribution < -0.4 is 0 Å². The van der Waals surface area contributed by atoms with Crippen LogP contribution in [0.2, 0.25) is 0 Å². The maximum absolute atomic E-state index is 12.5. The predicted octanol–water partition coefficient (Wildman–Crippen LogP) is 0.730. The molecule has 4 saturated carbocycles. The maximum Gasteiger partial charge on any atom is 0.187 e. The van der Waals surface area contributed by atoms with Gasteiger partial charge < -0.3 is 70.0 Å². The first-order valence-electron chi connectivity index (χ1n) is 20.4. The molecule has 6 fully saturated rings. The van der Waals surface area contributed by atoms with Crippen molar-refractivity contribution in [1.82, 2.24) is 0 Å². The number of ether oxygens (including phenoxy) is 4. The molecule has 0 radical (unpaired) electrons. The topological polar surface area (TPSA) is 239 Å². The van der Waals surface area contributed by atoms with Gasteiger partial charge in [0.25, 0.3) is 0 Å². The molecular formula is C41H70O14. The molecule has 20 atom stereocenters. The molecule has 0 spiro atoms. The lowest BCUT2D eigenvalue weighted by molar-refractivity contribution is -0.347. The van der Waals surface area contributed by atoms with E-state index in [2.05, 4.69) is 34.6 Å². The summed E-state index contributed by atoms with van der Waals surface area (Å²) in [7, 11) is 0. The molecule has 14 heteroatoms. The number of aliphatic hydroxyl groups is 10. The summed E-state index contributed by atoms with van der Waals surface area (Å²) in [5.74, 6) is 0.194. The van der Waals surface area contributed by atoms with E-state index in [0.717, 1.165) is 19.3 Å².